The second-order valence-electron chi connectivity index (χ2n) is 4.86. The van der Waals surface area contributed by atoms with Crippen LogP contribution in [-0.4, -0.2) is 19.2 Å². The highest BCUT2D eigenvalue weighted by Gasteiger charge is 2.11. The summed E-state index contributed by atoms with van der Waals surface area (Å²) in [5, 5.41) is 3.38. The molecule has 0 aliphatic rings. The summed E-state index contributed by atoms with van der Waals surface area (Å²) in [6.45, 7) is 3.45. The molecule has 0 saturated carbocycles. The summed E-state index contributed by atoms with van der Waals surface area (Å²) < 4.78 is 20.0. The maximum atomic E-state index is 13.4. The summed E-state index contributed by atoms with van der Waals surface area (Å²) in [5.74, 6) is 0.624. The third kappa shape index (κ3) is 5.48. The Kier molecular flexibility index (Phi) is 6.21. The molecule has 4 heteroatoms. The van der Waals surface area contributed by atoms with Crippen molar-refractivity contribution in [2.75, 3.05) is 13.2 Å². The monoisotopic (exact) mass is 351 g/mol. The molecule has 112 valence electrons. The highest BCUT2D eigenvalue weighted by molar-refractivity contribution is 9.10. The minimum absolute atomic E-state index is 0.143. The topological polar surface area (TPSA) is 21.3 Å². The average molecular weight is 352 g/mol. The summed E-state index contributed by atoms with van der Waals surface area (Å²) in [5.41, 5.74) is 0.949. The molecule has 0 bridgehead atoms. The summed E-state index contributed by atoms with van der Waals surface area (Å²) in [7, 11) is 0. The fourth-order valence-corrected chi connectivity index (χ4v) is 2.72. The van der Waals surface area contributed by atoms with E-state index >= 15 is 0 Å². The Morgan fingerprint density at radius 2 is 1.95 bits per heavy atom. The summed E-state index contributed by atoms with van der Waals surface area (Å²) in [6, 6.07) is 14.8. The highest BCUT2D eigenvalue weighted by Crippen LogP contribution is 2.17. The Hall–Kier alpha value is -1.39. The van der Waals surface area contributed by atoms with Crippen LogP contribution in [0.1, 0.15) is 12.5 Å². The van der Waals surface area contributed by atoms with Gasteiger partial charge in [0.15, 0.2) is 0 Å². The van der Waals surface area contributed by atoms with Crippen molar-refractivity contribution < 1.29 is 9.13 Å². The molecule has 0 amide bonds. The third-order valence-corrected chi connectivity index (χ3v) is 3.55. The quantitative estimate of drug-likeness (QED) is 0.807. The van der Waals surface area contributed by atoms with Gasteiger partial charge in [-0.25, -0.2) is 4.39 Å². The van der Waals surface area contributed by atoms with Crippen molar-refractivity contribution in [3.8, 4) is 5.75 Å². The Morgan fingerprint density at radius 3 is 2.62 bits per heavy atom. The molecule has 2 aromatic rings. The lowest BCUT2D eigenvalue weighted by Gasteiger charge is -2.19. The van der Waals surface area contributed by atoms with Gasteiger partial charge in [-0.1, -0.05) is 41.1 Å². The van der Waals surface area contributed by atoms with Crippen LogP contribution in [0.3, 0.4) is 0 Å². The molecular weight excluding hydrogens is 333 g/mol. The number of rotatable bonds is 7. The smallest absolute Gasteiger partial charge is 0.124 e. The van der Waals surface area contributed by atoms with Crippen LogP contribution in [-0.2, 0) is 6.42 Å². The first-order chi connectivity index (χ1) is 10.2. The van der Waals surface area contributed by atoms with Crippen molar-refractivity contribution in [1.82, 2.24) is 5.32 Å². The van der Waals surface area contributed by atoms with Gasteiger partial charge in [-0.2, -0.15) is 0 Å². The Balaban J connectivity index is 1.98. The van der Waals surface area contributed by atoms with Crippen LogP contribution in [0.4, 0.5) is 4.39 Å². The zero-order valence-electron chi connectivity index (χ0n) is 12.0. The molecule has 0 fully saturated rings. The van der Waals surface area contributed by atoms with Crippen LogP contribution in [0, 0.1) is 5.82 Å². The second kappa shape index (κ2) is 8.15. The first-order valence-electron chi connectivity index (χ1n) is 7.03. The zero-order chi connectivity index (χ0) is 15.1. The van der Waals surface area contributed by atoms with Gasteiger partial charge in [0.05, 0.1) is 0 Å². The SMILES string of the molecule is CCNC(COc1ccccc1)Cc1cc(F)cc(Br)c1. The Bertz CT molecular complexity index is 542. The van der Waals surface area contributed by atoms with Gasteiger partial charge in [-0.05, 0) is 48.9 Å². The van der Waals surface area contributed by atoms with Gasteiger partial charge in [0.25, 0.3) is 0 Å². The Labute approximate surface area is 133 Å². The van der Waals surface area contributed by atoms with Crippen molar-refractivity contribution in [2.45, 2.75) is 19.4 Å². The zero-order valence-corrected chi connectivity index (χ0v) is 13.6. The molecule has 0 radical (unpaired) electrons. The predicted octanol–water partition coefficient (Wildman–Crippen LogP) is 4.19. The molecule has 2 rings (SSSR count). The number of nitrogens with one attached hydrogen (secondary N) is 1. The number of hydrogen-bond acceptors (Lipinski definition) is 2. The minimum Gasteiger partial charge on any atom is -0.492 e. The summed E-state index contributed by atoms with van der Waals surface area (Å²) in [6.07, 6.45) is 0.719. The van der Waals surface area contributed by atoms with Crippen molar-refractivity contribution in [3.63, 3.8) is 0 Å². The molecule has 21 heavy (non-hydrogen) atoms. The average Bonchev–Trinajstić information content (AvgIpc) is 2.45. The first kappa shape index (κ1) is 16.0. The molecule has 0 aromatic heterocycles. The van der Waals surface area contributed by atoms with Gasteiger partial charge in [-0.15, -0.1) is 0 Å². The van der Waals surface area contributed by atoms with E-state index in [2.05, 4.69) is 28.2 Å². The van der Waals surface area contributed by atoms with Crippen LogP contribution < -0.4 is 10.1 Å². The van der Waals surface area contributed by atoms with Gasteiger partial charge < -0.3 is 10.1 Å². The number of benzene rings is 2. The lowest BCUT2D eigenvalue weighted by molar-refractivity contribution is 0.264. The maximum absolute atomic E-state index is 13.4. The van der Waals surface area contributed by atoms with Gasteiger partial charge in [-0.3, -0.25) is 0 Å². The second-order valence-corrected chi connectivity index (χ2v) is 5.78. The number of hydrogen-bond donors (Lipinski definition) is 1. The van der Waals surface area contributed by atoms with E-state index in [4.69, 9.17) is 4.74 Å². The standard InChI is InChI=1S/C17H19BrFNO/c1-2-20-16(12-21-17-6-4-3-5-7-17)10-13-8-14(18)11-15(19)9-13/h3-9,11,16,20H,2,10,12H2,1H3. The van der Waals surface area contributed by atoms with Gasteiger partial charge in [0.1, 0.15) is 18.2 Å². The van der Waals surface area contributed by atoms with E-state index in [9.17, 15) is 4.39 Å². The molecule has 1 unspecified atom stereocenters. The van der Waals surface area contributed by atoms with Crippen molar-refractivity contribution in [2.24, 2.45) is 0 Å². The van der Waals surface area contributed by atoms with Crippen molar-refractivity contribution in [3.05, 3.63) is 64.4 Å². The Morgan fingerprint density at radius 1 is 1.19 bits per heavy atom. The van der Waals surface area contributed by atoms with E-state index < -0.39 is 0 Å². The predicted molar refractivity (Wildman–Crippen MR) is 87.2 cm³/mol. The van der Waals surface area contributed by atoms with E-state index in [0.717, 1.165) is 28.8 Å². The van der Waals surface area contributed by atoms with Gasteiger partial charge in [0.2, 0.25) is 0 Å². The van der Waals surface area contributed by atoms with Crippen LogP contribution in [0.15, 0.2) is 53.0 Å². The van der Waals surface area contributed by atoms with E-state index in [-0.39, 0.29) is 11.9 Å². The molecule has 0 heterocycles. The number of para-hydroxylation sites is 1. The van der Waals surface area contributed by atoms with Crippen molar-refractivity contribution in [1.29, 1.82) is 0 Å². The van der Waals surface area contributed by atoms with Crippen LogP contribution in [0.25, 0.3) is 0 Å². The number of ether oxygens (including phenoxy) is 1. The van der Waals surface area contributed by atoms with Crippen LogP contribution >= 0.6 is 15.9 Å². The van der Waals surface area contributed by atoms with Crippen LogP contribution in [0.5, 0.6) is 5.75 Å². The lowest BCUT2D eigenvalue weighted by Crippen LogP contribution is -2.36. The number of likely N-dealkylation sites (N-methyl/N-ethyl adjacent to an activating group) is 1. The number of halogens is 2. The third-order valence-electron chi connectivity index (χ3n) is 3.09. The fourth-order valence-electron chi connectivity index (χ4n) is 2.21. The van der Waals surface area contributed by atoms with Gasteiger partial charge >= 0.3 is 0 Å². The van der Waals surface area contributed by atoms with E-state index in [1.165, 1.54) is 6.07 Å². The van der Waals surface area contributed by atoms with E-state index in [1.54, 1.807) is 6.07 Å². The molecule has 0 spiro atoms. The van der Waals surface area contributed by atoms with E-state index in [1.807, 2.05) is 36.4 Å². The summed E-state index contributed by atoms with van der Waals surface area (Å²) >= 11 is 3.33. The van der Waals surface area contributed by atoms with Crippen LogP contribution in [0.2, 0.25) is 0 Å². The molecule has 2 nitrogen and oxygen atoms in total. The molecule has 0 saturated heterocycles. The molecule has 0 aliphatic carbocycles. The lowest BCUT2D eigenvalue weighted by atomic mass is 10.1. The van der Waals surface area contributed by atoms with Gasteiger partial charge in [0, 0.05) is 10.5 Å². The largest absolute Gasteiger partial charge is 0.492 e. The van der Waals surface area contributed by atoms with Crippen molar-refractivity contribution >= 4 is 15.9 Å². The summed E-state index contributed by atoms with van der Waals surface area (Å²) in [4.78, 5) is 0. The maximum Gasteiger partial charge on any atom is 0.124 e. The normalized spacial score (nSPS) is 12.1. The fraction of sp³-hybridized carbons (Fsp3) is 0.294. The molecule has 1 N–H and O–H groups in total. The first-order valence-corrected chi connectivity index (χ1v) is 7.83. The molecule has 1 atom stereocenters. The van der Waals surface area contributed by atoms with E-state index in [0.29, 0.717) is 6.61 Å². The molecule has 2 aromatic carbocycles. The molecular formula is C17H19BrFNO. The molecule has 0 aliphatic heterocycles. The highest BCUT2D eigenvalue weighted by atomic mass is 79.9. The minimum atomic E-state index is -0.224.